The van der Waals surface area contributed by atoms with Gasteiger partial charge in [0.1, 0.15) is 5.72 Å². The van der Waals surface area contributed by atoms with Crippen molar-refractivity contribution in [1.29, 1.82) is 0 Å². The second-order valence-corrected chi connectivity index (χ2v) is 4.57. The Morgan fingerprint density at radius 1 is 1.46 bits per heavy atom. The number of hydrogen-bond donors (Lipinski definition) is 1. The lowest BCUT2D eigenvalue weighted by atomic mass is 9.72. The number of rotatable bonds is 1. The fraction of sp³-hybridized carbons (Fsp3) is 0.818. The van der Waals surface area contributed by atoms with Crippen molar-refractivity contribution in [2.45, 2.75) is 37.5 Å². The molecule has 3 aliphatic rings. The maximum Gasteiger partial charge on any atom is 0.122 e. The average Bonchev–Trinajstić information content (AvgIpc) is 2.75. The Hall–Kier alpha value is -0.340. The van der Waals surface area contributed by atoms with Crippen molar-refractivity contribution in [3.05, 3.63) is 12.2 Å². The summed E-state index contributed by atoms with van der Waals surface area (Å²) in [6.07, 6.45) is 9.79. The molecule has 2 heteroatoms. The number of hydrogen-bond acceptors (Lipinski definition) is 2. The highest BCUT2D eigenvalue weighted by Crippen LogP contribution is 2.50. The van der Waals surface area contributed by atoms with Gasteiger partial charge in [0.2, 0.25) is 0 Å². The summed E-state index contributed by atoms with van der Waals surface area (Å²) in [5, 5.41) is 3.66. The summed E-state index contributed by atoms with van der Waals surface area (Å²) < 4.78 is 5.71. The molecule has 1 N–H and O–H groups in total. The van der Waals surface area contributed by atoms with Crippen LogP contribution in [0.1, 0.15) is 25.7 Å². The van der Waals surface area contributed by atoms with Crippen LogP contribution in [-0.4, -0.2) is 18.9 Å². The molecule has 0 aromatic carbocycles. The zero-order valence-electron chi connectivity index (χ0n) is 8.12. The van der Waals surface area contributed by atoms with Gasteiger partial charge in [-0.2, -0.15) is 0 Å². The zero-order valence-corrected chi connectivity index (χ0v) is 8.12. The van der Waals surface area contributed by atoms with E-state index in [1.54, 1.807) is 0 Å². The molecule has 0 spiro atoms. The quantitative estimate of drug-likeness (QED) is 0.618. The van der Waals surface area contributed by atoms with Gasteiger partial charge in [0.05, 0.1) is 0 Å². The average molecular weight is 179 g/mol. The second-order valence-electron chi connectivity index (χ2n) is 4.57. The Kier molecular flexibility index (Phi) is 1.59. The van der Waals surface area contributed by atoms with Crippen LogP contribution in [0.3, 0.4) is 0 Å². The Labute approximate surface area is 79.3 Å². The highest BCUT2D eigenvalue weighted by Gasteiger charge is 2.57. The molecule has 2 fully saturated rings. The molecule has 0 saturated carbocycles. The minimum absolute atomic E-state index is 0.0418. The van der Waals surface area contributed by atoms with Crippen LogP contribution in [0.4, 0.5) is 0 Å². The number of ether oxygens (including phenoxy) is 1. The van der Waals surface area contributed by atoms with E-state index in [1.807, 2.05) is 7.11 Å². The molecule has 2 saturated heterocycles. The lowest BCUT2D eigenvalue weighted by Crippen LogP contribution is -2.44. The Bertz CT molecular complexity index is 250. The first-order valence-electron chi connectivity index (χ1n) is 5.35. The molecule has 3 rings (SSSR count). The summed E-state index contributed by atoms with van der Waals surface area (Å²) in [5.74, 6) is 1.49. The molecule has 2 bridgehead atoms. The van der Waals surface area contributed by atoms with Crippen molar-refractivity contribution in [1.82, 2.24) is 5.32 Å². The molecular weight excluding hydrogens is 162 g/mol. The third-order valence-corrected chi connectivity index (χ3v) is 4.15. The third kappa shape index (κ3) is 0.906. The molecule has 0 aromatic rings. The van der Waals surface area contributed by atoms with E-state index in [9.17, 15) is 0 Å². The van der Waals surface area contributed by atoms with E-state index < -0.39 is 0 Å². The molecule has 2 unspecified atom stereocenters. The lowest BCUT2D eigenvalue weighted by molar-refractivity contribution is -0.0657. The molecule has 4 atom stereocenters. The molecule has 13 heavy (non-hydrogen) atoms. The number of methoxy groups -OCH3 is 1. The van der Waals surface area contributed by atoms with Crippen LogP contribution in [0.5, 0.6) is 0 Å². The molecule has 2 nitrogen and oxygen atoms in total. The standard InChI is InChI=1S/C11H17NO/c1-13-11-7-6-10(12-11)8-4-2-3-5-9(8)11/h2,4,8-10,12H,3,5-7H2,1H3/t8?,9?,10-,11-/m0/s1. The molecule has 72 valence electrons. The van der Waals surface area contributed by atoms with Gasteiger partial charge < -0.3 is 4.74 Å². The highest BCUT2D eigenvalue weighted by molar-refractivity contribution is 5.16. The maximum absolute atomic E-state index is 5.71. The normalized spacial score (nSPS) is 52.5. The van der Waals surface area contributed by atoms with Crippen LogP contribution in [0.2, 0.25) is 0 Å². The van der Waals surface area contributed by atoms with Gasteiger partial charge in [-0.3, -0.25) is 5.32 Å². The van der Waals surface area contributed by atoms with E-state index >= 15 is 0 Å². The lowest BCUT2D eigenvalue weighted by Gasteiger charge is -2.37. The first kappa shape index (κ1) is 8.01. The van der Waals surface area contributed by atoms with Crippen LogP contribution in [0, 0.1) is 11.8 Å². The van der Waals surface area contributed by atoms with Gasteiger partial charge in [-0.1, -0.05) is 12.2 Å². The number of allylic oxidation sites excluding steroid dienone is 1. The smallest absolute Gasteiger partial charge is 0.122 e. The van der Waals surface area contributed by atoms with Crippen molar-refractivity contribution in [2.24, 2.45) is 11.8 Å². The molecule has 0 radical (unpaired) electrons. The van der Waals surface area contributed by atoms with E-state index in [-0.39, 0.29) is 5.72 Å². The topological polar surface area (TPSA) is 21.3 Å². The summed E-state index contributed by atoms with van der Waals surface area (Å²) >= 11 is 0. The van der Waals surface area contributed by atoms with Gasteiger partial charge in [0.15, 0.2) is 0 Å². The Balaban J connectivity index is 1.96. The number of nitrogens with one attached hydrogen (secondary N) is 1. The van der Waals surface area contributed by atoms with E-state index in [0.29, 0.717) is 6.04 Å². The van der Waals surface area contributed by atoms with Crippen LogP contribution in [0.15, 0.2) is 12.2 Å². The van der Waals surface area contributed by atoms with Crippen molar-refractivity contribution in [3.63, 3.8) is 0 Å². The minimum Gasteiger partial charge on any atom is -0.364 e. The minimum atomic E-state index is 0.0418. The third-order valence-electron chi connectivity index (χ3n) is 4.15. The van der Waals surface area contributed by atoms with Gasteiger partial charge in [0.25, 0.3) is 0 Å². The molecule has 1 aliphatic carbocycles. The summed E-state index contributed by atoms with van der Waals surface area (Å²) in [5.41, 5.74) is 0.0418. The Morgan fingerprint density at radius 2 is 2.38 bits per heavy atom. The van der Waals surface area contributed by atoms with Crippen LogP contribution in [0.25, 0.3) is 0 Å². The zero-order chi connectivity index (χ0) is 8.89. The van der Waals surface area contributed by atoms with E-state index in [4.69, 9.17) is 4.74 Å². The molecule has 0 amide bonds. The van der Waals surface area contributed by atoms with Gasteiger partial charge in [0, 0.05) is 19.1 Å². The second kappa shape index (κ2) is 2.58. The van der Waals surface area contributed by atoms with E-state index in [2.05, 4.69) is 17.5 Å². The van der Waals surface area contributed by atoms with Crippen molar-refractivity contribution >= 4 is 0 Å². The largest absolute Gasteiger partial charge is 0.364 e. The SMILES string of the molecule is CO[C@]12CC[C@H](N1)C1C=CCCC12. The van der Waals surface area contributed by atoms with Crippen molar-refractivity contribution in [2.75, 3.05) is 7.11 Å². The highest BCUT2D eigenvalue weighted by atomic mass is 16.5. The van der Waals surface area contributed by atoms with Crippen LogP contribution < -0.4 is 5.32 Å². The number of fused-ring (bicyclic) bond motifs is 5. The monoisotopic (exact) mass is 179 g/mol. The summed E-state index contributed by atoms with van der Waals surface area (Å²) in [6.45, 7) is 0. The van der Waals surface area contributed by atoms with Crippen LogP contribution in [-0.2, 0) is 4.74 Å². The molecule has 2 aliphatic heterocycles. The summed E-state index contributed by atoms with van der Waals surface area (Å²) in [4.78, 5) is 0. The van der Waals surface area contributed by atoms with Crippen molar-refractivity contribution in [3.8, 4) is 0 Å². The first-order chi connectivity index (χ1) is 6.36. The summed E-state index contributed by atoms with van der Waals surface area (Å²) in [7, 11) is 1.86. The maximum atomic E-state index is 5.71. The molecular formula is C11H17NO. The Morgan fingerprint density at radius 3 is 3.23 bits per heavy atom. The van der Waals surface area contributed by atoms with Crippen LogP contribution >= 0.6 is 0 Å². The predicted molar refractivity (Wildman–Crippen MR) is 51.3 cm³/mol. The molecule has 0 aromatic heterocycles. The fourth-order valence-corrected chi connectivity index (χ4v) is 3.54. The fourth-order valence-electron chi connectivity index (χ4n) is 3.54. The summed E-state index contributed by atoms with van der Waals surface area (Å²) in [6, 6.07) is 0.696. The van der Waals surface area contributed by atoms with Crippen molar-refractivity contribution < 1.29 is 4.74 Å². The van der Waals surface area contributed by atoms with Gasteiger partial charge in [-0.25, -0.2) is 0 Å². The van der Waals surface area contributed by atoms with Gasteiger partial charge in [-0.15, -0.1) is 0 Å². The van der Waals surface area contributed by atoms with E-state index in [0.717, 1.165) is 11.8 Å². The molecule has 2 heterocycles. The van der Waals surface area contributed by atoms with Gasteiger partial charge in [-0.05, 0) is 31.6 Å². The van der Waals surface area contributed by atoms with E-state index in [1.165, 1.54) is 25.7 Å². The van der Waals surface area contributed by atoms with Gasteiger partial charge >= 0.3 is 0 Å². The first-order valence-corrected chi connectivity index (χ1v) is 5.35. The predicted octanol–water partition coefficient (Wildman–Crippen LogP) is 1.68.